The van der Waals surface area contributed by atoms with E-state index >= 15 is 0 Å². The van der Waals surface area contributed by atoms with Crippen LogP contribution in [0.1, 0.15) is 40.5 Å². The van der Waals surface area contributed by atoms with Crippen LogP contribution in [-0.4, -0.2) is 61.7 Å². The Morgan fingerprint density at radius 1 is 1.18 bits per heavy atom. The van der Waals surface area contributed by atoms with E-state index in [1.165, 1.54) is 4.90 Å². The fraction of sp³-hybridized carbons (Fsp3) is 0.857. The van der Waals surface area contributed by atoms with Gasteiger partial charge in [0.05, 0.1) is 6.61 Å². The van der Waals surface area contributed by atoms with Gasteiger partial charge in [0, 0.05) is 19.3 Å². The predicted octanol–water partition coefficient (Wildman–Crippen LogP) is 1.36. The SMILES string of the molecule is CCOC(=O)C1(S(C)(=O)=O)CCN(C(=O)OC(C)(C)C)CC1. The van der Waals surface area contributed by atoms with Crippen LogP contribution in [0.3, 0.4) is 0 Å². The average Bonchev–Trinajstić information content (AvgIpc) is 2.35. The molecule has 0 bridgehead atoms. The van der Waals surface area contributed by atoms with Gasteiger partial charge in [-0.3, -0.25) is 4.79 Å². The molecule has 1 amide bonds. The number of esters is 1. The minimum Gasteiger partial charge on any atom is -0.465 e. The number of hydrogen-bond acceptors (Lipinski definition) is 6. The largest absolute Gasteiger partial charge is 0.465 e. The third-order valence-corrected chi connectivity index (χ3v) is 5.57. The number of rotatable bonds is 3. The maximum atomic E-state index is 12.1. The van der Waals surface area contributed by atoms with Crippen molar-refractivity contribution in [3.05, 3.63) is 0 Å². The summed E-state index contributed by atoms with van der Waals surface area (Å²) in [5, 5.41) is 0. The lowest BCUT2D eigenvalue weighted by molar-refractivity contribution is -0.147. The number of carbonyl (C=O) groups is 2. The van der Waals surface area contributed by atoms with E-state index in [9.17, 15) is 18.0 Å². The van der Waals surface area contributed by atoms with Crippen LogP contribution in [0.15, 0.2) is 0 Å². The van der Waals surface area contributed by atoms with Gasteiger partial charge >= 0.3 is 12.1 Å². The number of carbonyl (C=O) groups excluding carboxylic acids is 2. The molecule has 0 saturated carbocycles. The first-order valence-electron chi connectivity index (χ1n) is 7.28. The van der Waals surface area contributed by atoms with Gasteiger partial charge in [-0.05, 0) is 40.5 Å². The van der Waals surface area contributed by atoms with Gasteiger partial charge in [-0.2, -0.15) is 0 Å². The molecule has 22 heavy (non-hydrogen) atoms. The maximum absolute atomic E-state index is 12.1. The molecule has 1 rings (SSSR count). The average molecular weight is 335 g/mol. The maximum Gasteiger partial charge on any atom is 0.410 e. The molecule has 0 aliphatic carbocycles. The van der Waals surface area contributed by atoms with Crippen molar-refractivity contribution in [1.29, 1.82) is 0 Å². The summed E-state index contributed by atoms with van der Waals surface area (Å²) in [5.41, 5.74) is -0.621. The number of amides is 1. The Bertz CT molecular complexity index is 526. The Labute approximate surface area is 131 Å². The highest BCUT2D eigenvalue weighted by Gasteiger charge is 2.52. The molecular weight excluding hydrogens is 310 g/mol. The van der Waals surface area contributed by atoms with Crippen LogP contribution >= 0.6 is 0 Å². The highest BCUT2D eigenvalue weighted by Crippen LogP contribution is 2.32. The molecule has 1 fully saturated rings. The molecule has 128 valence electrons. The first-order valence-corrected chi connectivity index (χ1v) is 9.17. The summed E-state index contributed by atoms with van der Waals surface area (Å²) in [6.45, 7) is 7.30. The number of nitrogens with zero attached hydrogens (tertiary/aromatic N) is 1. The molecule has 0 aromatic rings. The van der Waals surface area contributed by atoms with E-state index in [0.717, 1.165) is 6.26 Å². The van der Waals surface area contributed by atoms with Crippen molar-refractivity contribution in [1.82, 2.24) is 4.90 Å². The Balaban J connectivity index is 2.87. The zero-order valence-corrected chi connectivity index (χ0v) is 14.7. The topological polar surface area (TPSA) is 90.0 Å². The summed E-state index contributed by atoms with van der Waals surface area (Å²) in [6.07, 6.45) is 0.569. The van der Waals surface area contributed by atoms with E-state index in [0.29, 0.717) is 0 Å². The van der Waals surface area contributed by atoms with Gasteiger partial charge in [-0.25, -0.2) is 13.2 Å². The van der Waals surface area contributed by atoms with E-state index in [1.807, 2.05) is 0 Å². The van der Waals surface area contributed by atoms with Crippen molar-refractivity contribution in [2.45, 2.75) is 50.9 Å². The fourth-order valence-corrected chi connectivity index (χ4v) is 3.65. The zero-order chi connectivity index (χ0) is 17.2. The molecule has 0 atom stereocenters. The number of likely N-dealkylation sites (tertiary alicyclic amines) is 1. The molecule has 0 spiro atoms. The van der Waals surface area contributed by atoms with Gasteiger partial charge in [0.25, 0.3) is 0 Å². The minimum absolute atomic E-state index is 0.0178. The van der Waals surface area contributed by atoms with Crippen molar-refractivity contribution in [2.24, 2.45) is 0 Å². The predicted molar refractivity (Wildman–Crippen MR) is 81.2 cm³/mol. The standard InChI is InChI=1S/C14H25NO6S/c1-6-20-11(16)14(22(5,18)19)7-9-15(10-8-14)12(17)21-13(2,3)4/h6-10H2,1-5H3. The van der Waals surface area contributed by atoms with Gasteiger partial charge in [-0.15, -0.1) is 0 Å². The Morgan fingerprint density at radius 3 is 2.05 bits per heavy atom. The first kappa shape index (κ1) is 18.7. The third-order valence-electron chi connectivity index (χ3n) is 3.58. The van der Waals surface area contributed by atoms with Gasteiger partial charge < -0.3 is 14.4 Å². The second-order valence-corrected chi connectivity index (χ2v) is 8.78. The normalized spacial score (nSPS) is 18.7. The minimum atomic E-state index is -3.65. The van der Waals surface area contributed by atoms with Crippen LogP contribution in [0.4, 0.5) is 4.79 Å². The molecular formula is C14H25NO6S. The van der Waals surface area contributed by atoms with E-state index < -0.39 is 32.2 Å². The van der Waals surface area contributed by atoms with Gasteiger partial charge in [0.1, 0.15) is 5.60 Å². The summed E-state index contributed by atoms with van der Waals surface area (Å²) in [4.78, 5) is 25.6. The highest BCUT2D eigenvalue weighted by atomic mass is 32.2. The monoisotopic (exact) mass is 335 g/mol. The van der Waals surface area contributed by atoms with Crippen LogP contribution < -0.4 is 0 Å². The summed E-state index contributed by atoms with van der Waals surface area (Å²) in [6, 6.07) is 0. The summed E-state index contributed by atoms with van der Waals surface area (Å²) in [5.74, 6) is -0.735. The second kappa shape index (κ2) is 6.44. The number of sulfone groups is 1. The lowest BCUT2D eigenvalue weighted by Crippen LogP contribution is -2.56. The van der Waals surface area contributed by atoms with Gasteiger partial charge in [-0.1, -0.05) is 0 Å². The molecule has 7 nitrogen and oxygen atoms in total. The van der Waals surface area contributed by atoms with E-state index in [-0.39, 0.29) is 32.5 Å². The van der Waals surface area contributed by atoms with Crippen LogP contribution in [0.5, 0.6) is 0 Å². The van der Waals surface area contributed by atoms with E-state index in [1.54, 1.807) is 27.7 Å². The summed E-state index contributed by atoms with van der Waals surface area (Å²) < 4.78 is 32.8. The second-order valence-electron chi connectivity index (χ2n) is 6.45. The molecule has 0 N–H and O–H groups in total. The van der Waals surface area contributed by atoms with Crippen LogP contribution in [0.2, 0.25) is 0 Å². The number of hydrogen-bond donors (Lipinski definition) is 0. The molecule has 0 radical (unpaired) electrons. The molecule has 1 aliphatic heterocycles. The van der Waals surface area contributed by atoms with Crippen molar-refractivity contribution < 1.29 is 27.5 Å². The molecule has 8 heteroatoms. The fourth-order valence-electron chi connectivity index (χ4n) is 2.37. The molecule has 0 aromatic carbocycles. The Morgan fingerprint density at radius 2 is 1.68 bits per heavy atom. The highest BCUT2D eigenvalue weighted by molar-refractivity contribution is 7.92. The van der Waals surface area contributed by atoms with Crippen LogP contribution in [0.25, 0.3) is 0 Å². The molecule has 1 heterocycles. The van der Waals surface area contributed by atoms with Crippen molar-refractivity contribution >= 4 is 21.9 Å². The number of piperidine rings is 1. The van der Waals surface area contributed by atoms with Crippen LogP contribution in [-0.2, 0) is 24.1 Å². The van der Waals surface area contributed by atoms with E-state index in [4.69, 9.17) is 9.47 Å². The number of ether oxygens (including phenoxy) is 2. The molecule has 1 aliphatic rings. The van der Waals surface area contributed by atoms with Crippen molar-refractivity contribution in [3.63, 3.8) is 0 Å². The summed E-state index contributed by atoms with van der Waals surface area (Å²) >= 11 is 0. The smallest absolute Gasteiger partial charge is 0.410 e. The lowest BCUT2D eigenvalue weighted by Gasteiger charge is -2.38. The Kier molecular flexibility index (Phi) is 5.48. The summed E-state index contributed by atoms with van der Waals surface area (Å²) in [7, 11) is -3.65. The molecule has 0 aromatic heterocycles. The van der Waals surface area contributed by atoms with Gasteiger partial charge in [0.2, 0.25) is 0 Å². The third kappa shape index (κ3) is 4.12. The Hall–Kier alpha value is -1.31. The first-order chi connectivity index (χ1) is 9.93. The molecule has 1 saturated heterocycles. The van der Waals surface area contributed by atoms with Crippen LogP contribution in [0, 0.1) is 0 Å². The quantitative estimate of drug-likeness (QED) is 0.724. The molecule has 0 unspecified atom stereocenters. The van der Waals surface area contributed by atoms with Gasteiger partial charge in [0.15, 0.2) is 14.6 Å². The zero-order valence-electron chi connectivity index (χ0n) is 13.8. The van der Waals surface area contributed by atoms with E-state index in [2.05, 4.69) is 0 Å². The lowest BCUT2D eigenvalue weighted by atomic mass is 9.96. The van der Waals surface area contributed by atoms with Crippen molar-refractivity contribution in [2.75, 3.05) is 26.0 Å². The van der Waals surface area contributed by atoms with Crippen molar-refractivity contribution in [3.8, 4) is 0 Å².